The molecule has 0 aromatic carbocycles. The van der Waals surface area contributed by atoms with E-state index in [2.05, 4.69) is 20.3 Å². The van der Waals surface area contributed by atoms with Crippen LogP contribution in [0.3, 0.4) is 0 Å². The van der Waals surface area contributed by atoms with Crippen LogP contribution in [0.5, 0.6) is 0 Å². The van der Waals surface area contributed by atoms with Crippen LogP contribution in [0.25, 0.3) is 0 Å². The number of nitrogens with zero attached hydrogens (tertiary/aromatic N) is 1. The number of aliphatic imine (C=N–C) groups is 1. The summed E-state index contributed by atoms with van der Waals surface area (Å²) >= 11 is 0. The van der Waals surface area contributed by atoms with Crippen LogP contribution in [0.2, 0.25) is 0 Å². The quantitative estimate of drug-likeness (QED) is 0.200. The predicted octanol–water partition coefficient (Wildman–Crippen LogP) is 0.842. The van der Waals surface area contributed by atoms with Gasteiger partial charge < -0.3 is 24.8 Å². The number of nitrogens with one attached hydrogen (secondary N) is 3. The van der Waals surface area contributed by atoms with Crippen molar-refractivity contribution in [1.82, 2.24) is 15.4 Å². The third kappa shape index (κ3) is 11.7. The van der Waals surface area contributed by atoms with Crippen molar-refractivity contribution in [3.8, 4) is 0 Å². The fourth-order valence-corrected chi connectivity index (χ4v) is 3.97. The second kappa shape index (κ2) is 14.7. The van der Waals surface area contributed by atoms with Gasteiger partial charge in [-0.05, 0) is 39.5 Å². The van der Waals surface area contributed by atoms with E-state index in [9.17, 15) is 8.42 Å². The highest BCUT2D eigenvalue weighted by Crippen LogP contribution is 2.12. The smallest absolute Gasteiger partial charge is 0.213 e. The van der Waals surface area contributed by atoms with Gasteiger partial charge in [0.2, 0.25) is 10.0 Å². The number of sulfonamides is 1. The lowest BCUT2D eigenvalue weighted by Gasteiger charge is -2.22. The number of hydrogen-bond donors (Lipinski definition) is 3. The van der Waals surface area contributed by atoms with Crippen LogP contribution in [0, 0.1) is 0 Å². The second-order valence-electron chi connectivity index (χ2n) is 7.28. The molecule has 29 heavy (non-hydrogen) atoms. The van der Waals surface area contributed by atoms with Gasteiger partial charge in [0.05, 0.1) is 37.7 Å². The molecule has 2 aliphatic heterocycles. The zero-order valence-electron chi connectivity index (χ0n) is 17.5. The first-order valence-electron chi connectivity index (χ1n) is 10.3. The van der Waals surface area contributed by atoms with Gasteiger partial charge in [-0.2, -0.15) is 0 Å². The molecule has 9 nitrogen and oxygen atoms in total. The van der Waals surface area contributed by atoms with E-state index < -0.39 is 10.0 Å². The van der Waals surface area contributed by atoms with Crippen molar-refractivity contribution in [1.29, 1.82) is 0 Å². The normalized spacial score (nSPS) is 24.0. The Labute approximate surface area is 192 Å². The van der Waals surface area contributed by atoms with Crippen LogP contribution >= 0.6 is 24.0 Å². The lowest BCUT2D eigenvalue weighted by Crippen LogP contribution is -2.45. The Balaban J connectivity index is 0.00000420. The zero-order valence-corrected chi connectivity index (χ0v) is 20.7. The molecule has 2 rings (SSSR count). The van der Waals surface area contributed by atoms with E-state index in [-0.39, 0.29) is 54.5 Å². The molecule has 0 radical (unpaired) electrons. The van der Waals surface area contributed by atoms with E-state index in [0.717, 1.165) is 32.3 Å². The molecule has 3 atom stereocenters. The summed E-state index contributed by atoms with van der Waals surface area (Å²) in [5, 5.41) is 6.38. The van der Waals surface area contributed by atoms with Crippen LogP contribution in [0.4, 0.5) is 0 Å². The third-order valence-corrected chi connectivity index (χ3v) is 5.96. The molecule has 0 spiro atoms. The maximum absolute atomic E-state index is 12.2. The van der Waals surface area contributed by atoms with Crippen LogP contribution in [0.1, 0.15) is 39.5 Å². The van der Waals surface area contributed by atoms with E-state index in [4.69, 9.17) is 14.2 Å². The Morgan fingerprint density at radius 1 is 1.28 bits per heavy atom. The Hall–Kier alpha value is -0.210. The van der Waals surface area contributed by atoms with Gasteiger partial charge in [0.25, 0.3) is 0 Å². The van der Waals surface area contributed by atoms with E-state index in [1.165, 1.54) is 0 Å². The molecular weight excluding hydrogens is 511 g/mol. The van der Waals surface area contributed by atoms with Crippen LogP contribution < -0.4 is 15.4 Å². The van der Waals surface area contributed by atoms with Crippen LogP contribution in [-0.2, 0) is 24.2 Å². The number of guanidine groups is 1. The summed E-state index contributed by atoms with van der Waals surface area (Å²) in [6, 6.07) is 0.0524. The number of hydrogen-bond acceptors (Lipinski definition) is 6. The van der Waals surface area contributed by atoms with Gasteiger partial charge in [-0.3, -0.25) is 4.99 Å². The summed E-state index contributed by atoms with van der Waals surface area (Å²) in [6.45, 7) is 7.85. The van der Waals surface area contributed by atoms with Crippen LogP contribution in [-0.4, -0.2) is 84.4 Å². The van der Waals surface area contributed by atoms with Gasteiger partial charge >= 0.3 is 0 Å². The molecule has 2 saturated heterocycles. The zero-order chi connectivity index (χ0) is 20.2. The fraction of sp³-hybridized carbons (Fsp3) is 0.944. The molecular formula is C18H37IN4O5S. The van der Waals surface area contributed by atoms with Gasteiger partial charge in [-0.25, -0.2) is 13.1 Å². The molecule has 11 heteroatoms. The summed E-state index contributed by atoms with van der Waals surface area (Å²) < 4.78 is 43.6. The molecule has 2 heterocycles. The Bertz CT molecular complexity index is 567. The number of rotatable bonds is 11. The maximum atomic E-state index is 12.2. The first kappa shape index (κ1) is 26.8. The largest absolute Gasteiger partial charge is 0.379 e. The van der Waals surface area contributed by atoms with E-state index >= 15 is 0 Å². The maximum Gasteiger partial charge on any atom is 0.213 e. The summed E-state index contributed by atoms with van der Waals surface area (Å²) in [7, 11) is -3.37. The lowest BCUT2D eigenvalue weighted by molar-refractivity contribution is 0.0200. The molecule has 172 valence electrons. The monoisotopic (exact) mass is 548 g/mol. The Morgan fingerprint density at radius 3 is 2.76 bits per heavy atom. The number of halogens is 1. The van der Waals surface area contributed by atoms with E-state index in [0.29, 0.717) is 38.9 Å². The molecule has 0 amide bonds. The highest BCUT2D eigenvalue weighted by molar-refractivity contribution is 14.0. The summed E-state index contributed by atoms with van der Waals surface area (Å²) in [4.78, 5) is 4.38. The fourth-order valence-electron chi connectivity index (χ4n) is 3.06. The minimum Gasteiger partial charge on any atom is -0.379 e. The number of ether oxygens (including phenoxy) is 3. The van der Waals surface area contributed by atoms with Crippen molar-refractivity contribution in [2.45, 2.75) is 57.8 Å². The molecule has 3 unspecified atom stereocenters. The summed E-state index contributed by atoms with van der Waals surface area (Å²) in [5.41, 5.74) is 0. The van der Waals surface area contributed by atoms with Crippen molar-refractivity contribution >= 4 is 40.0 Å². The highest BCUT2D eigenvalue weighted by atomic mass is 127. The Kier molecular flexibility index (Phi) is 13.6. The first-order valence-corrected chi connectivity index (χ1v) is 12.0. The summed E-state index contributed by atoms with van der Waals surface area (Å²) in [6.07, 6.45) is 4.12. The minimum absolute atomic E-state index is 0. The molecule has 2 aliphatic rings. The minimum atomic E-state index is -3.37. The van der Waals surface area contributed by atoms with Crippen molar-refractivity contribution in [2.75, 3.05) is 51.8 Å². The van der Waals surface area contributed by atoms with Gasteiger partial charge in [-0.15, -0.1) is 24.0 Å². The molecule has 0 aromatic rings. The highest BCUT2D eigenvalue weighted by Gasteiger charge is 2.19. The van der Waals surface area contributed by atoms with Crippen molar-refractivity contribution in [3.63, 3.8) is 0 Å². The van der Waals surface area contributed by atoms with Gasteiger partial charge in [-0.1, -0.05) is 0 Å². The summed E-state index contributed by atoms with van der Waals surface area (Å²) in [5.74, 6) is 0.535. The SMILES string of the molecule is CCNC(=NCCS(=O)(=O)NCC1CCCCO1)NC(C)COC1CCOC1.I. The second-order valence-corrected chi connectivity index (χ2v) is 9.21. The lowest BCUT2D eigenvalue weighted by atomic mass is 10.1. The average Bonchev–Trinajstić information content (AvgIpc) is 3.19. The van der Waals surface area contributed by atoms with Gasteiger partial charge in [0.1, 0.15) is 0 Å². The first-order chi connectivity index (χ1) is 13.5. The molecule has 3 N–H and O–H groups in total. The Morgan fingerprint density at radius 2 is 2.10 bits per heavy atom. The standard InChI is InChI=1S/C18H36N4O5S.HI/c1-3-19-18(22-15(2)13-27-17-7-10-25-14-17)20-8-11-28(23,24)21-12-16-6-4-5-9-26-16;/h15-17,21H,3-14H2,1-2H3,(H2,19,20,22);1H. The molecule has 0 bridgehead atoms. The van der Waals surface area contributed by atoms with Gasteiger partial charge in [0.15, 0.2) is 5.96 Å². The van der Waals surface area contributed by atoms with Crippen molar-refractivity contribution in [3.05, 3.63) is 0 Å². The van der Waals surface area contributed by atoms with E-state index in [1.54, 1.807) is 0 Å². The van der Waals surface area contributed by atoms with Crippen molar-refractivity contribution in [2.24, 2.45) is 4.99 Å². The van der Waals surface area contributed by atoms with Gasteiger partial charge in [0, 0.05) is 32.3 Å². The third-order valence-electron chi connectivity index (χ3n) is 4.63. The van der Waals surface area contributed by atoms with E-state index in [1.807, 2.05) is 13.8 Å². The van der Waals surface area contributed by atoms with Crippen LogP contribution in [0.15, 0.2) is 4.99 Å². The molecule has 2 fully saturated rings. The van der Waals surface area contributed by atoms with Crippen molar-refractivity contribution < 1.29 is 22.6 Å². The molecule has 0 aromatic heterocycles. The molecule has 0 aliphatic carbocycles. The topological polar surface area (TPSA) is 110 Å². The molecule has 0 saturated carbocycles. The predicted molar refractivity (Wildman–Crippen MR) is 125 cm³/mol. The average molecular weight is 548 g/mol.